The monoisotopic (exact) mass is 245 g/mol. The predicted molar refractivity (Wildman–Crippen MR) is 68.7 cm³/mol. The summed E-state index contributed by atoms with van der Waals surface area (Å²) >= 11 is 0. The fourth-order valence-electron chi connectivity index (χ4n) is 3.87. The number of para-hydroxylation sites is 1. The van der Waals surface area contributed by atoms with E-state index in [0.717, 1.165) is 56.8 Å². The standard InChI is InChI=1S/C15H19NO2/c17-15(6-8-16-7-4-12(15)10-16)13-3-1-2-11-5-9-18-14(11)13/h1-3,12,17H,4-10H2. The van der Waals surface area contributed by atoms with Crippen molar-refractivity contribution >= 4 is 0 Å². The maximum absolute atomic E-state index is 11.2. The van der Waals surface area contributed by atoms with Crippen LogP contribution in [0.5, 0.6) is 5.75 Å². The van der Waals surface area contributed by atoms with Crippen LogP contribution in [0.2, 0.25) is 0 Å². The van der Waals surface area contributed by atoms with E-state index in [-0.39, 0.29) is 0 Å². The Morgan fingerprint density at radius 2 is 2.28 bits per heavy atom. The molecule has 1 aromatic carbocycles. The highest BCUT2D eigenvalue weighted by Gasteiger charge is 2.47. The van der Waals surface area contributed by atoms with E-state index in [1.807, 2.05) is 0 Å². The lowest BCUT2D eigenvalue weighted by atomic mass is 9.76. The minimum Gasteiger partial charge on any atom is -0.493 e. The number of nitrogens with zero attached hydrogens (tertiary/aromatic N) is 1. The van der Waals surface area contributed by atoms with Gasteiger partial charge in [-0.1, -0.05) is 18.2 Å². The van der Waals surface area contributed by atoms with Gasteiger partial charge in [0.1, 0.15) is 5.75 Å². The van der Waals surface area contributed by atoms with E-state index in [1.54, 1.807) is 0 Å². The van der Waals surface area contributed by atoms with Crippen LogP contribution in [-0.4, -0.2) is 36.2 Å². The van der Waals surface area contributed by atoms with E-state index in [2.05, 4.69) is 23.1 Å². The Morgan fingerprint density at radius 3 is 3.22 bits per heavy atom. The van der Waals surface area contributed by atoms with Crippen molar-refractivity contribution in [1.82, 2.24) is 4.90 Å². The summed E-state index contributed by atoms with van der Waals surface area (Å²) in [6.45, 7) is 3.96. The molecule has 1 aromatic rings. The Labute approximate surface area is 107 Å². The molecule has 4 rings (SSSR count). The molecule has 2 fully saturated rings. The highest BCUT2D eigenvalue weighted by atomic mass is 16.5. The fourth-order valence-corrected chi connectivity index (χ4v) is 3.87. The van der Waals surface area contributed by atoms with E-state index in [1.165, 1.54) is 5.56 Å². The van der Waals surface area contributed by atoms with Gasteiger partial charge >= 0.3 is 0 Å². The zero-order valence-electron chi connectivity index (χ0n) is 10.6. The van der Waals surface area contributed by atoms with E-state index in [9.17, 15) is 5.11 Å². The summed E-state index contributed by atoms with van der Waals surface area (Å²) in [5.41, 5.74) is 1.65. The van der Waals surface area contributed by atoms with Crippen molar-refractivity contribution in [3.05, 3.63) is 29.3 Å². The van der Waals surface area contributed by atoms with Gasteiger partial charge in [0.15, 0.2) is 0 Å². The van der Waals surface area contributed by atoms with E-state index >= 15 is 0 Å². The summed E-state index contributed by atoms with van der Waals surface area (Å²) in [6.07, 6.45) is 2.94. The van der Waals surface area contributed by atoms with Crippen LogP contribution in [0, 0.1) is 5.92 Å². The number of aliphatic hydroxyl groups is 1. The van der Waals surface area contributed by atoms with Gasteiger partial charge in [0.2, 0.25) is 0 Å². The lowest BCUT2D eigenvalue weighted by Crippen LogP contribution is -2.44. The topological polar surface area (TPSA) is 32.7 Å². The van der Waals surface area contributed by atoms with Crippen LogP contribution >= 0.6 is 0 Å². The number of fused-ring (bicyclic) bond motifs is 3. The number of benzene rings is 1. The van der Waals surface area contributed by atoms with Crippen LogP contribution in [0.25, 0.3) is 0 Å². The Bertz CT molecular complexity index is 487. The third-order valence-electron chi connectivity index (χ3n) is 4.94. The summed E-state index contributed by atoms with van der Waals surface area (Å²) < 4.78 is 5.78. The van der Waals surface area contributed by atoms with Crippen LogP contribution in [0.1, 0.15) is 24.0 Å². The molecule has 0 saturated carbocycles. The molecule has 3 nitrogen and oxygen atoms in total. The molecule has 3 unspecified atom stereocenters. The molecule has 1 N–H and O–H groups in total. The smallest absolute Gasteiger partial charge is 0.128 e. The van der Waals surface area contributed by atoms with E-state index in [0.29, 0.717) is 5.92 Å². The molecule has 3 aliphatic rings. The van der Waals surface area contributed by atoms with Crippen molar-refractivity contribution < 1.29 is 9.84 Å². The third-order valence-corrected chi connectivity index (χ3v) is 4.94. The van der Waals surface area contributed by atoms with E-state index < -0.39 is 5.60 Å². The van der Waals surface area contributed by atoms with Crippen LogP contribution in [0.15, 0.2) is 18.2 Å². The van der Waals surface area contributed by atoms with Crippen LogP contribution in [0.4, 0.5) is 0 Å². The number of hydrogen-bond donors (Lipinski definition) is 1. The van der Waals surface area contributed by atoms with Gasteiger partial charge in [0.25, 0.3) is 0 Å². The molecule has 18 heavy (non-hydrogen) atoms. The van der Waals surface area contributed by atoms with Crippen molar-refractivity contribution in [3.63, 3.8) is 0 Å². The highest BCUT2D eigenvalue weighted by Crippen LogP contribution is 2.47. The molecule has 3 heteroatoms. The Kier molecular flexibility index (Phi) is 2.24. The van der Waals surface area contributed by atoms with Crippen molar-refractivity contribution in [2.45, 2.75) is 24.9 Å². The van der Waals surface area contributed by atoms with Gasteiger partial charge < -0.3 is 14.7 Å². The van der Waals surface area contributed by atoms with Gasteiger partial charge in [-0.2, -0.15) is 0 Å². The minimum atomic E-state index is -0.664. The van der Waals surface area contributed by atoms with Crippen molar-refractivity contribution in [2.24, 2.45) is 5.92 Å². The number of rotatable bonds is 1. The van der Waals surface area contributed by atoms with Crippen molar-refractivity contribution in [1.29, 1.82) is 0 Å². The van der Waals surface area contributed by atoms with Crippen molar-refractivity contribution in [3.8, 4) is 5.75 Å². The Balaban J connectivity index is 1.80. The minimum absolute atomic E-state index is 0.377. The fraction of sp³-hybridized carbons (Fsp3) is 0.600. The zero-order valence-corrected chi connectivity index (χ0v) is 10.6. The summed E-state index contributed by atoms with van der Waals surface area (Å²) in [4.78, 5) is 2.46. The van der Waals surface area contributed by atoms with Gasteiger partial charge in [-0.3, -0.25) is 0 Å². The molecule has 0 aromatic heterocycles. The van der Waals surface area contributed by atoms with Crippen LogP contribution in [0.3, 0.4) is 0 Å². The van der Waals surface area contributed by atoms with Crippen LogP contribution < -0.4 is 4.74 Å². The molecule has 96 valence electrons. The summed E-state index contributed by atoms with van der Waals surface area (Å²) in [7, 11) is 0. The molecule has 3 aliphatic heterocycles. The van der Waals surface area contributed by atoms with Gasteiger partial charge in [0.05, 0.1) is 12.2 Å². The first-order valence-electron chi connectivity index (χ1n) is 6.97. The molecular formula is C15H19NO2. The SMILES string of the molecule is OC1(c2cccc3c2OCC3)CCN2CCC1C2. The average molecular weight is 245 g/mol. The molecule has 3 heterocycles. The normalized spacial score (nSPS) is 37.4. The van der Waals surface area contributed by atoms with Crippen molar-refractivity contribution in [2.75, 3.05) is 26.2 Å². The second kappa shape index (κ2) is 3.72. The second-order valence-corrected chi connectivity index (χ2v) is 5.85. The zero-order chi connectivity index (χ0) is 12.2. The third kappa shape index (κ3) is 1.38. The average Bonchev–Trinajstić information content (AvgIpc) is 3.02. The van der Waals surface area contributed by atoms with Crippen LogP contribution in [-0.2, 0) is 12.0 Å². The number of piperidine rings is 1. The molecule has 2 bridgehead atoms. The largest absolute Gasteiger partial charge is 0.493 e. The lowest BCUT2D eigenvalue weighted by Gasteiger charge is -2.39. The Morgan fingerprint density at radius 1 is 1.33 bits per heavy atom. The molecule has 0 radical (unpaired) electrons. The number of ether oxygens (including phenoxy) is 1. The first-order valence-corrected chi connectivity index (χ1v) is 6.97. The van der Waals surface area contributed by atoms with Gasteiger partial charge in [-0.05, 0) is 24.9 Å². The quantitative estimate of drug-likeness (QED) is 0.814. The summed E-state index contributed by atoms with van der Waals surface area (Å²) in [6, 6.07) is 6.26. The van der Waals surface area contributed by atoms with Gasteiger partial charge in [-0.15, -0.1) is 0 Å². The highest BCUT2D eigenvalue weighted by molar-refractivity contribution is 5.47. The predicted octanol–water partition coefficient (Wildman–Crippen LogP) is 1.53. The summed E-state index contributed by atoms with van der Waals surface area (Å²) in [5.74, 6) is 1.35. The summed E-state index contributed by atoms with van der Waals surface area (Å²) in [5, 5.41) is 11.2. The molecule has 3 atom stereocenters. The maximum atomic E-state index is 11.2. The second-order valence-electron chi connectivity index (χ2n) is 5.85. The van der Waals surface area contributed by atoms with Gasteiger partial charge in [-0.25, -0.2) is 0 Å². The maximum Gasteiger partial charge on any atom is 0.128 e. The van der Waals surface area contributed by atoms with E-state index in [4.69, 9.17) is 4.74 Å². The molecular weight excluding hydrogens is 226 g/mol. The molecule has 0 amide bonds. The molecule has 0 spiro atoms. The van der Waals surface area contributed by atoms with Gasteiger partial charge in [0, 0.05) is 31.0 Å². The first-order chi connectivity index (χ1) is 8.77. The lowest BCUT2D eigenvalue weighted by molar-refractivity contribution is -0.0516. The molecule has 2 saturated heterocycles. The number of hydrogen-bond acceptors (Lipinski definition) is 3. The Hall–Kier alpha value is -1.06. The first kappa shape index (κ1) is 10.8. The molecule has 0 aliphatic carbocycles.